The number of aryl methyl sites for hydroxylation is 2. The smallest absolute Gasteiger partial charge is 0.0767 e. The Morgan fingerprint density at radius 2 is 1.15 bits per heavy atom. The number of benzene rings is 1. The quantitative estimate of drug-likeness (QED) is 0.347. The molecule has 1 aromatic carbocycles. The summed E-state index contributed by atoms with van der Waals surface area (Å²) in [4.78, 5) is 9.51. The fourth-order valence-corrected chi connectivity index (χ4v) is 8.11. The lowest BCUT2D eigenvalue weighted by atomic mass is 9.86. The van der Waals surface area contributed by atoms with E-state index in [1.54, 1.807) is 22.3 Å². The number of fused-ring (bicyclic) bond motifs is 1. The molecule has 3 aliphatic rings. The summed E-state index contributed by atoms with van der Waals surface area (Å²) in [6, 6.07) is 6.87. The maximum Gasteiger partial charge on any atom is 0.0767 e. The van der Waals surface area contributed by atoms with Crippen LogP contribution < -0.4 is 0 Å². The van der Waals surface area contributed by atoms with Gasteiger partial charge in [-0.1, -0.05) is 99.0 Å². The Labute approximate surface area is 258 Å². The summed E-state index contributed by atoms with van der Waals surface area (Å²) < 4.78 is 1.15. The van der Waals surface area contributed by atoms with E-state index in [1.807, 2.05) is 0 Å². The molecule has 0 radical (unpaired) electrons. The van der Waals surface area contributed by atoms with Crippen LogP contribution in [0, 0.1) is 13.8 Å². The van der Waals surface area contributed by atoms with Crippen LogP contribution in [0.1, 0.15) is 156 Å². The first-order valence-electron chi connectivity index (χ1n) is 17.0. The van der Waals surface area contributed by atoms with Crippen molar-refractivity contribution in [1.82, 2.24) is 4.98 Å². The molecule has 0 atom stereocenters. The summed E-state index contributed by atoms with van der Waals surface area (Å²) in [5.74, 6) is 0. The van der Waals surface area contributed by atoms with Crippen LogP contribution in [0.5, 0.6) is 0 Å². The van der Waals surface area contributed by atoms with Crippen molar-refractivity contribution < 1.29 is 0 Å². The van der Waals surface area contributed by atoms with E-state index in [4.69, 9.17) is 4.99 Å². The standard InChI is InChI=1S/C38H53BrN2/c1-27-26-30(39)24-25-31(27)36(37-34-22-18-14-10-6-4-8-12-16-20-32(34)28(2)40-37)38-35-23-19-15-11-7-5-9-13-17-21-33(35)29(3)41-38/h24-26,40H,4-23H2,1-3H3/b38-36-. The van der Waals surface area contributed by atoms with E-state index < -0.39 is 0 Å². The molecular weight excluding hydrogens is 564 g/mol. The third-order valence-corrected chi connectivity index (χ3v) is 10.4. The molecule has 1 aromatic heterocycles. The fourth-order valence-electron chi connectivity index (χ4n) is 7.63. The lowest BCUT2D eigenvalue weighted by Gasteiger charge is -2.19. The molecule has 2 nitrogen and oxygen atoms in total. The van der Waals surface area contributed by atoms with Crippen LogP contribution in [0.25, 0.3) is 5.57 Å². The molecule has 0 amide bonds. The SMILES string of the molecule is CC1=N/C(=C(/c2ccc(Br)cc2C)c2[nH]c(C)c3c2CCCCCCCCCC3)C2=C1CCCCCCCCCC2. The molecule has 2 aromatic rings. The van der Waals surface area contributed by atoms with E-state index in [0.29, 0.717) is 0 Å². The monoisotopic (exact) mass is 616 g/mol. The Bertz CT molecular complexity index is 1290. The van der Waals surface area contributed by atoms with Gasteiger partial charge in [0.15, 0.2) is 0 Å². The van der Waals surface area contributed by atoms with Gasteiger partial charge in [-0.15, -0.1) is 0 Å². The van der Waals surface area contributed by atoms with Crippen molar-refractivity contribution in [2.24, 2.45) is 4.99 Å². The predicted molar refractivity (Wildman–Crippen MR) is 181 cm³/mol. The van der Waals surface area contributed by atoms with Gasteiger partial charge in [0, 0.05) is 21.5 Å². The molecule has 1 N–H and O–H groups in total. The van der Waals surface area contributed by atoms with Crippen LogP contribution in [-0.4, -0.2) is 10.7 Å². The number of hydrogen-bond donors (Lipinski definition) is 1. The normalized spacial score (nSPS) is 21.5. The Morgan fingerprint density at radius 1 is 0.634 bits per heavy atom. The minimum atomic E-state index is 1.15. The van der Waals surface area contributed by atoms with Gasteiger partial charge in [0.25, 0.3) is 0 Å². The molecule has 222 valence electrons. The van der Waals surface area contributed by atoms with E-state index in [0.717, 1.165) is 10.9 Å². The van der Waals surface area contributed by atoms with Crippen molar-refractivity contribution in [2.75, 3.05) is 0 Å². The van der Waals surface area contributed by atoms with E-state index in [-0.39, 0.29) is 0 Å². The van der Waals surface area contributed by atoms with Crippen molar-refractivity contribution in [3.8, 4) is 0 Å². The zero-order chi connectivity index (χ0) is 28.6. The number of hydrogen-bond acceptors (Lipinski definition) is 1. The van der Waals surface area contributed by atoms with Gasteiger partial charge < -0.3 is 4.98 Å². The van der Waals surface area contributed by atoms with Crippen molar-refractivity contribution >= 4 is 27.2 Å². The second-order valence-corrected chi connectivity index (χ2v) is 14.0. The molecule has 5 rings (SSSR count). The number of aromatic amines is 1. The number of allylic oxidation sites excluding steroid dienone is 2. The van der Waals surface area contributed by atoms with E-state index in [9.17, 15) is 0 Å². The second-order valence-electron chi connectivity index (χ2n) is 13.1. The largest absolute Gasteiger partial charge is 0.358 e. The predicted octanol–water partition coefficient (Wildman–Crippen LogP) is 12.1. The van der Waals surface area contributed by atoms with Crippen LogP contribution in [0.3, 0.4) is 0 Å². The second kappa shape index (κ2) is 15.0. The lowest BCUT2D eigenvalue weighted by Crippen LogP contribution is -2.03. The van der Waals surface area contributed by atoms with Gasteiger partial charge in [0.1, 0.15) is 0 Å². The van der Waals surface area contributed by atoms with Gasteiger partial charge in [0.2, 0.25) is 0 Å². The van der Waals surface area contributed by atoms with Gasteiger partial charge in [-0.25, -0.2) is 0 Å². The molecule has 3 heteroatoms. The molecule has 2 heterocycles. The first-order chi connectivity index (χ1) is 20.0. The summed E-state index contributed by atoms with van der Waals surface area (Å²) in [5.41, 5.74) is 15.6. The highest BCUT2D eigenvalue weighted by atomic mass is 79.9. The van der Waals surface area contributed by atoms with Crippen LogP contribution in [0.15, 0.2) is 44.5 Å². The van der Waals surface area contributed by atoms with Crippen molar-refractivity contribution in [1.29, 1.82) is 0 Å². The highest BCUT2D eigenvalue weighted by molar-refractivity contribution is 9.10. The molecule has 0 saturated heterocycles. The van der Waals surface area contributed by atoms with Gasteiger partial charge in [-0.2, -0.15) is 0 Å². The van der Waals surface area contributed by atoms with Crippen LogP contribution in [0.4, 0.5) is 0 Å². The molecule has 0 fully saturated rings. The molecule has 0 spiro atoms. The molecule has 1 aliphatic heterocycles. The number of H-pyrrole nitrogens is 1. The number of nitrogens with one attached hydrogen (secondary N) is 1. The Hall–Kier alpha value is -1.87. The topological polar surface area (TPSA) is 28.1 Å². The van der Waals surface area contributed by atoms with E-state index >= 15 is 0 Å². The molecule has 0 unspecified atom stereocenters. The van der Waals surface area contributed by atoms with Gasteiger partial charge in [-0.3, -0.25) is 4.99 Å². The summed E-state index contributed by atoms with van der Waals surface area (Å²) in [6.45, 7) is 6.89. The van der Waals surface area contributed by atoms with Crippen molar-refractivity contribution in [3.05, 3.63) is 73.2 Å². The summed E-state index contributed by atoms with van der Waals surface area (Å²) in [6.07, 6.45) is 26.5. The third kappa shape index (κ3) is 7.56. The highest BCUT2D eigenvalue weighted by Gasteiger charge is 2.29. The molecular formula is C38H53BrN2. The van der Waals surface area contributed by atoms with Gasteiger partial charge >= 0.3 is 0 Å². The Balaban J connectivity index is 1.68. The maximum atomic E-state index is 5.49. The first kappa shape index (κ1) is 30.6. The van der Waals surface area contributed by atoms with Crippen molar-refractivity contribution in [3.63, 3.8) is 0 Å². The Kier molecular flexibility index (Phi) is 11.2. The average Bonchev–Trinajstić information content (AvgIpc) is 3.40. The molecule has 0 bridgehead atoms. The molecule has 0 saturated carbocycles. The minimum absolute atomic E-state index is 1.15. The number of aliphatic imine (C=N–C) groups is 1. The number of nitrogens with zero attached hydrogens (tertiary/aromatic N) is 1. The zero-order valence-electron chi connectivity index (χ0n) is 26.2. The van der Waals surface area contributed by atoms with E-state index in [1.165, 1.54) is 161 Å². The minimum Gasteiger partial charge on any atom is -0.358 e. The average molecular weight is 618 g/mol. The summed E-state index contributed by atoms with van der Waals surface area (Å²) in [5, 5.41) is 0. The van der Waals surface area contributed by atoms with E-state index in [2.05, 4.69) is 59.9 Å². The number of aromatic nitrogens is 1. The number of rotatable bonds is 2. The van der Waals surface area contributed by atoms with Crippen LogP contribution in [-0.2, 0) is 12.8 Å². The summed E-state index contributed by atoms with van der Waals surface area (Å²) in [7, 11) is 0. The lowest BCUT2D eigenvalue weighted by molar-refractivity contribution is 0.560. The van der Waals surface area contributed by atoms with Gasteiger partial charge in [0.05, 0.1) is 11.4 Å². The van der Waals surface area contributed by atoms with Gasteiger partial charge in [-0.05, 0) is 118 Å². The summed E-state index contributed by atoms with van der Waals surface area (Å²) >= 11 is 3.75. The fraction of sp³-hybridized carbons (Fsp3) is 0.605. The molecule has 2 aliphatic carbocycles. The first-order valence-corrected chi connectivity index (χ1v) is 17.8. The number of halogens is 1. The highest BCUT2D eigenvalue weighted by Crippen LogP contribution is 2.43. The van der Waals surface area contributed by atoms with Crippen LogP contribution >= 0.6 is 15.9 Å². The third-order valence-electron chi connectivity index (χ3n) is 9.95. The van der Waals surface area contributed by atoms with Crippen molar-refractivity contribution in [2.45, 2.75) is 149 Å². The van der Waals surface area contributed by atoms with Crippen LogP contribution in [0.2, 0.25) is 0 Å². The maximum absolute atomic E-state index is 5.49. The zero-order valence-corrected chi connectivity index (χ0v) is 27.8. The Morgan fingerprint density at radius 3 is 1.73 bits per heavy atom. The molecule has 41 heavy (non-hydrogen) atoms.